The number of benzene rings is 2. The van der Waals surface area contributed by atoms with E-state index in [9.17, 15) is 19.1 Å². The number of aliphatic hydroxyl groups is 1. The lowest BCUT2D eigenvalue weighted by Gasteiger charge is -2.38. The van der Waals surface area contributed by atoms with Gasteiger partial charge in [0.15, 0.2) is 5.65 Å². The third-order valence-electron chi connectivity index (χ3n) is 7.88. The van der Waals surface area contributed by atoms with Crippen molar-refractivity contribution in [3.63, 3.8) is 0 Å². The third kappa shape index (κ3) is 5.16. The van der Waals surface area contributed by atoms with Crippen LogP contribution in [-0.2, 0) is 6.54 Å². The number of carbonyl (C=O) groups is 1. The lowest BCUT2D eigenvalue weighted by Crippen LogP contribution is -2.49. The van der Waals surface area contributed by atoms with Crippen LogP contribution in [0.3, 0.4) is 0 Å². The second kappa shape index (κ2) is 10.3. The zero-order valence-electron chi connectivity index (χ0n) is 21.5. The molecule has 2 fully saturated rings. The number of piperidine rings is 1. The number of fused-ring (bicyclic) bond motifs is 1. The van der Waals surface area contributed by atoms with Gasteiger partial charge in [-0.1, -0.05) is 6.42 Å². The van der Waals surface area contributed by atoms with Gasteiger partial charge in [-0.15, -0.1) is 0 Å². The van der Waals surface area contributed by atoms with Crippen molar-refractivity contribution in [3.05, 3.63) is 82.8 Å². The quantitative estimate of drug-likeness (QED) is 0.391. The number of hydrogen-bond donors (Lipinski definition) is 1. The molecule has 1 aliphatic carbocycles. The fraction of sp³-hybridized carbons (Fsp3) is 0.379. The van der Waals surface area contributed by atoms with E-state index in [-0.39, 0.29) is 18.0 Å². The Morgan fingerprint density at radius 1 is 1.08 bits per heavy atom. The molecule has 0 radical (unpaired) electrons. The number of hydrogen-bond acceptors (Lipinski definition) is 6. The lowest BCUT2D eigenvalue weighted by atomic mass is 9.86. The third-order valence-corrected chi connectivity index (χ3v) is 7.88. The molecule has 10 heteroatoms. The predicted molar refractivity (Wildman–Crippen MR) is 142 cm³/mol. The van der Waals surface area contributed by atoms with E-state index in [1.54, 1.807) is 9.58 Å². The molecule has 9 nitrogen and oxygen atoms in total. The van der Waals surface area contributed by atoms with Crippen LogP contribution in [0.2, 0.25) is 0 Å². The molecule has 1 saturated heterocycles. The normalized spacial score (nSPS) is 17.2. The molecule has 0 spiro atoms. The van der Waals surface area contributed by atoms with Gasteiger partial charge in [-0.25, -0.2) is 14.1 Å². The van der Waals surface area contributed by atoms with Gasteiger partial charge >= 0.3 is 0 Å². The van der Waals surface area contributed by atoms with E-state index in [0.29, 0.717) is 48.4 Å². The van der Waals surface area contributed by atoms with Crippen LogP contribution in [0, 0.1) is 11.7 Å². The van der Waals surface area contributed by atoms with Crippen molar-refractivity contribution in [1.29, 1.82) is 0 Å². The fourth-order valence-corrected chi connectivity index (χ4v) is 5.18. The highest BCUT2D eigenvalue weighted by molar-refractivity contribution is 5.94. The van der Waals surface area contributed by atoms with Crippen LogP contribution in [0.1, 0.15) is 42.5 Å². The topological polar surface area (TPSA) is 102 Å². The van der Waals surface area contributed by atoms with Gasteiger partial charge in [0, 0.05) is 18.7 Å². The van der Waals surface area contributed by atoms with Crippen molar-refractivity contribution >= 4 is 16.9 Å². The van der Waals surface area contributed by atoms with Crippen LogP contribution in [0.25, 0.3) is 16.7 Å². The van der Waals surface area contributed by atoms with Crippen molar-refractivity contribution < 1.29 is 19.0 Å². The van der Waals surface area contributed by atoms with Gasteiger partial charge in [-0.05, 0) is 80.1 Å². The van der Waals surface area contributed by atoms with Crippen LogP contribution in [0.5, 0.6) is 5.75 Å². The Kier molecular flexibility index (Phi) is 6.64. The summed E-state index contributed by atoms with van der Waals surface area (Å²) in [4.78, 5) is 32.1. The van der Waals surface area contributed by atoms with Gasteiger partial charge in [0.25, 0.3) is 11.5 Å². The first kappa shape index (κ1) is 25.2. The molecule has 1 N–H and O–H groups in total. The van der Waals surface area contributed by atoms with Crippen LogP contribution in [0.4, 0.5) is 4.39 Å². The zero-order valence-corrected chi connectivity index (χ0v) is 21.5. The first-order valence-electron chi connectivity index (χ1n) is 13.3. The second-order valence-corrected chi connectivity index (χ2v) is 10.6. The minimum absolute atomic E-state index is 0.0611. The fourth-order valence-electron chi connectivity index (χ4n) is 5.18. The molecule has 1 amide bonds. The van der Waals surface area contributed by atoms with Gasteiger partial charge in [0.05, 0.1) is 30.6 Å². The summed E-state index contributed by atoms with van der Waals surface area (Å²) >= 11 is 0. The molecule has 6 rings (SSSR count). The monoisotopic (exact) mass is 531 g/mol. The van der Waals surface area contributed by atoms with E-state index in [1.807, 2.05) is 24.3 Å². The zero-order chi connectivity index (χ0) is 27.0. The number of carbonyl (C=O) groups excluding carboxylic acids is 1. The lowest BCUT2D eigenvalue weighted by molar-refractivity contribution is -0.0299. The summed E-state index contributed by atoms with van der Waals surface area (Å²) < 4.78 is 22.1. The molecule has 202 valence electrons. The van der Waals surface area contributed by atoms with Crippen LogP contribution >= 0.6 is 0 Å². The average Bonchev–Trinajstić information content (AvgIpc) is 3.35. The van der Waals surface area contributed by atoms with E-state index < -0.39 is 11.4 Å². The van der Waals surface area contributed by atoms with E-state index in [1.165, 1.54) is 60.6 Å². The van der Waals surface area contributed by atoms with Gasteiger partial charge in [-0.3, -0.25) is 14.2 Å². The number of aromatic nitrogens is 4. The van der Waals surface area contributed by atoms with Crippen LogP contribution < -0.4 is 10.3 Å². The number of amides is 1. The molecule has 4 aromatic rings. The average molecular weight is 532 g/mol. The van der Waals surface area contributed by atoms with Gasteiger partial charge in [0.1, 0.15) is 23.3 Å². The summed E-state index contributed by atoms with van der Waals surface area (Å²) in [5.41, 5.74) is 0.156. The van der Waals surface area contributed by atoms with Crippen LogP contribution in [-0.4, -0.2) is 60.5 Å². The predicted octanol–water partition coefficient (Wildman–Crippen LogP) is 3.57. The van der Waals surface area contributed by atoms with E-state index >= 15 is 0 Å². The Hall–Kier alpha value is -4.05. The minimum Gasteiger partial charge on any atom is -0.493 e. The van der Waals surface area contributed by atoms with Crippen molar-refractivity contribution in [3.8, 4) is 11.4 Å². The second-order valence-electron chi connectivity index (χ2n) is 10.6. The van der Waals surface area contributed by atoms with E-state index in [0.717, 1.165) is 18.0 Å². The molecule has 3 heterocycles. The van der Waals surface area contributed by atoms with E-state index in [4.69, 9.17) is 4.74 Å². The number of likely N-dealkylation sites (tertiary alicyclic amines) is 1. The summed E-state index contributed by atoms with van der Waals surface area (Å²) in [6.45, 7) is 1.45. The molecule has 2 aliphatic rings. The molecule has 1 saturated carbocycles. The Labute approximate surface area is 224 Å². The smallest absolute Gasteiger partial charge is 0.264 e. The first-order chi connectivity index (χ1) is 18.9. The number of halogens is 1. The molecule has 2 aromatic carbocycles. The van der Waals surface area contributed by atoms with Gasteiger partial charge in [-0.2, -0.15) is 5.10 Å². The van der Waals surface area contributed by atoms with Crippen molar-refractivity contribution in [2.24, 2.45) is 5.92 Å². The van der Waals surface area contributed by atoms with E-state index in [2.05, 4.69) is 10.1 Å². The Balaban J connectivity index is 1.13. The standard InChI is InChI=1S/C29H30FN5O4/c30-22-6-4-21(5-7-22)27(36)33-14-12-29(38,13-15-33)18-34-19-31-26-25(28(34)37)16-32-35(26)23-8-10-24(11-9-23)39-17-20-2-1-3-20/h4-11,16,19-20,38H,1-3,12-15,17-18H2. The first-order valence-corrected chi connectivity index (χ1v) is 13.3. The Morgan fingerprint density at radius 3 is 2.46 bits per heavy atom. The maximum Gasteiger partial charge on any atom is 0.264 e. The highest BCUT2D eigenvalue weighted by atomic mass is 19.1. The molecule has 1 aliphatic heterocycles. The highest BCUT2D eigenvalue weighted by Crippen LogP contribution is 2.28. The number of ether oxygens (including phenoxy) is 1. The van der Waals surface area contributed by atoms with Crippen LogP contribution in [0.15, 0.2) is 65.8 Å². The summed E-state index contributed by atoms with van der Waals surface area (Å²) in [6, 6.07) is 13.0. The van der Waals surface area contributed by atoms with Gasteiger partial charge < -0.3 is 14.7 Å². The summed E-state index contributed by atoms with van der Waals surface area (Å²) in [6.07, 6.45) is 7.29. The maximum atomic E-state index is 13.3. The maximum absolute atomic E-state index is 13.3. The Morgan fingerprint density at radius 2 is 1.79 bits per heavy atom. The van der Waals surface area contributed by atoms with Gasteiger partial charge in [0.2, 0.25) is 0 Å². The van der Waals surface area contributed by atoms with Crippen molar-refractivity contribution in [1.82, 2.24) is 24.2 Å². The summed E-state index contributed by atoms with van der Waals surface area (Å²) in [5.74, 6) is 0.850. The molecule has 0 bridgehead atoms. The molecular weight excluding hydrogens is 501 g/mol. The molecule has 39 heavy (non-hydrogen) atoms. The van der Waals surface area contributed by atoms with Crippen molar-refractivity contribution in [2.45, 2.75) is 44.2 Å². The molecule has 2 aromatic heterocycles. The summed E-state index contributed by atoms with van der Waals surface area (Å²) in [7, 11) is 0. The molecule has 0 atom stereocenters. The number of rotatable bonds is 7. The number of nitrogens with zero attached hydrogens (tertiary/aromatic N) is 5. The van der Waals surface area contributed by atoms with Crippen molar-refractivity contribution in [2.75, 3.05) is 19.7 Å². The molecular formula is C29H30FN5O4. The summed E-state index contributed by atoms with van der Waals surface area (Å²) in [5, 5.41) is 16.0. The minimum atomic E-state index is -1.16. The largest absolute Gasteiger partial charge is 0.493 e. The Bertz CT molecular complexity index is 1530. The highest BCUT2D eigenvalue weighted by Gasteiger charge is 2.35. The SMILES string of the molecule is O=C(c1ccc(F)cc1)N1CCC(O)(Cn2cnc3c(cnn3-c3ccc(OCC4CCC4)cc3)c2=O)CC1. The molecule has 0 unspecified atom stereocenters.